The number of carbonyl (C=O) groups excluding carboxylic acids is 1. The average molecular weight is 300 g/mol. The van der Waals surface area contributed by atoms with E-state index in [1.807, 2.05) is 0 Å². The number of ether oxygens (including phenoxy) is 1. The van der Waals surface area contributed by atoms with E-state index in [0.29, 0.717) is 18.7 Å². The van der Waals surface area contributed by atoms with Crippen LogP contribution in [0.25, 0.3) is 0 Å². The minimum Gasteiger partial charge on any atom is -0.469 e. The van der Waals surface area contributed by atoms with Crippen molar-refractivity contribution in [3.05, 3.63) is 29.3 Å². The first-order chi connectivity index (χ1) is 9.79. The average Bonchev–Trinajstić information content (AvgIpc) is 2.45. The summed E-state index contributed by atoms with van der Waals surface area (Å²) in [5.41, 5.74) is -0.874. The van der Waals surface area contributed by atoms with Crippen molar-refractivity contribution in [3.63, 3.8) is 0 Å². The van der Waals surface area contributed by atoms with Gasteiger partial charge in [0.25, 0.3) is 0 Å². The molecule has 0 aromatic heterocycles. The molecule has 7 heteroatoms. The van der Waals surface area contributed by atoms with Gasteiger partial charge in [0.1, 0.15) is 0 Å². The highest BCUT2D eigenvalue weighted by atomic mass is 19.4. The number of esters is 1. The lowest BCUT2D eigenvalue weighted by Gasteiger charge is -2.20. The summed E-state index contributed by atoms with van der Waals surface area (Å²) in [5.74, 6) is -0.339. The van der Waals surface area contributed by atoms with E-state index in [4.69, 9.17) is 5.26 Å². The quantitative estimate of drug-likeness (QED) is 0.785. The summed E-state index contributed by atoms with van der Waals surface area (Å²) < 4.78 is 42.5. The second-order valence-corrected chi connectivity index (χ2v) is 4.44. The van der Waals surface area contributed by atoms with Crippen LogP contribution in [0.3, 0.4) is 0 Å². The monoisotopic (exact) mass is 300 g/mol. The molecule has 4 nitrogen and oxygen atoms in total. The van der Waals surface area contributed by atoms with E-state index < -0.39 is 17.3 Å². The number of halogens is 3. The third-order valence-electron chi connectivity index (χ3n) is 2.97. The zero-order valence-corrected chi connectivity index (χ0v) is 11.7. The molecule has 0 amide bonds. The van der Waals surface area contributed by atoms with Gasteiger partial charge >= 0.3 is 12.1 Å². The maximum absolute atomic E-state index is 12.7. The minimum absolute atomic E-state index is 0.229. The third-order valence-corrected chi connectivity index (χ3v) is 2.97. The molecule has 0 N–H and O–H groups in total. The number of alkyl halides is 3. The van der Waals surface area contributed by atoms with Gasteiger partial charge in [-0.1, -0.05) is 0 Å². The van der Waals surface area contributed by atoms with E-state index in [9.17, 15) is 18.0 Å². The van der Waals surface area contributed by atoms with Crippen molar-refractivity contribution in [1.82, 2.24) is 0 Å². The summed E-state index contributed by atoms with van der Waals surface area (Å²) in [4.78, 5) is 12.7. The molecule has 0 bridgehead atoms. The number of methoxy groups -OCH3 is 1. The standard InChI is InChI=1S/C14H15F3N2O2/c1-19(7-3-4-13(20)21-2)11-5-6-12(14(15,16)17)10(8-11)9-18/h5-6,8H,3-4,7H2,1-2H3. The number of hydrogen-bond donors (Lipinski definition) is 0. The molecular weight excluding hydrogens is 285 g/mol. The normalized spacial score (nSPS) is 10.9. The smallest absolute Gasteiger partial charge is 0.417 e. The maximum Gasteiger partial charge on any atom is 0.417 e. The zero-order chi connectivity index (χ0) is 16.0. The van der Waals surface area contributed by atoms with E-state index in [0.717, 1.165) is 6.07 Å². The lowest BCUT2D eigenvalue weighted by molar-refractivity contribution is -0.140. The Morgan fingerprint density at radius 1 is 1.43 bits per heavy atom. The van der Waals surface area contributed by atoms with Crippen LogP contribution >= 0.6 is 0 Å². The number of hydrogen-bond acceptors (Lipinski definition) is 4. The first-order valence-electron chi connectivity index (χ1n) is 6.19. The van der Waals surface area contributed by atoms with Gasteiger partial charge in [-0.3, -0.25) is 4.79 Å². The van der Waals surface area contributed by atoms with E-state index in [2.05, 4.69) is 4.74 Å². The Balaban J connectivity index is 2.81. The summed E-state index contributed by atoms with van der Waals surface area (Å²) in [7, 11) is 2.97. The molecule has 0 radical (unpaired) electrons. The van der Waals surface area contributed by atoms with Crippen LogP contribution in [-0.4, -0.2) is 26.7 Å². The molecule has 21 heavy (non-hydrogen) atoms. The minimum atomic E-state index is -4.55. The Hall–Kier alpha value is -2.23. The number of nitrogens with zero attached hydrogens (tertiary/aromatic N) is 2. The van der Waals surface area contributed by atoms with Crippen LogP contribution in [0.1, 0.15) is 24.0 Å². The molecule has 114 valence electrons. The van der Waals surface area contributed by atoms with E-state index in [-0.39, 0.29) is 12.4 Å². The highest BCUT2D eigenvalue weighted by Crippen LogP contribution is 2.33. The molecule has 1 rings (SSSR count). The maximum atomic E-state index is 12.7. The molecule has 0 fully saturated rings. The Labute approximate surface area is 120 Å². The van der Waals surface area contributed by atoms with Gasteiger partial charge in [0.15, 0.2) is 0 Å². The number of rotatable bonds is 5. The number of nitriles is 1. The third kappa shape index (κ3) is 4.67. The van der Waals surface area contributed by atoms with Gasteiger partial charge < -0.3 is 9.64 Å². The Morgan fingerprint density at radius 2 is 2.10 bits per heavy atom. The highest BCUT2D eigenvalue weighted by Gasteiger charge is 2.33. The lowest BCUT2D eigenvalue weighted by atomic mass is 10.1. The van der Waals surface area contributed by atoms with Crippen molar-refractivity contribution in [1.29, 1.82) is 5.26 Å². The van der Waals surface area contributed by atoms with Crippen molar-refractivity contribution < 1.29 is 22.7 Å². The van der Waals surface area contributed by atoms with Crippen molar-refractivity contribution in [3.8, 4) is 6.07 Å². The molecular formula is C14H15F3N2O2. The Kier molecular flexibility index (Phi) is 5.59. The summed E-state index contributed by atoms with van der Waals surface area (Å²) in [6.07, 6.45) is -3.81. The van der Waals surface area contributed by atoms with Crippen molar-refractivity contribution >= 4 is 11.7 Å². The van der Waals surface area contributed by atoms with E-state index >= 15 is 0 Å². The number of benzene rings is 1. The predicted octanol–water partition coefficient (Wildman–Crippen LogP) is 2.97. The Bertz CT molecular complexity index is 550. The Morgan fingerprint density at radius 3 is 2.62 bits per heavy atom. The first kappa shape index (κ1) is 16.8. The molecule has 0 saturated heterocycles. The topological polar surface area (TPSA) is 53.3 Å². The van der Waals surface area contributed by atoms with Crippen molar-refractivity contribution in [2.24, 2.45) is 0 Å². The SMILES string of the molecule is COC(=O)CCCN(C)c1ccc(C(F)(F)F)c(C#N)c1. The molecule has 1 aromatic rings. The van der Waals surface area contributed by atoms with E-state index in [1.165, 1.54) is 19.2 Å². The lowest BCUT2D eigenvalue weighted by Crippen LogP contribution is -2.20. The fourth-order valence-electron chi connectivity index (χ4n) is 1.80. The van der Waals surface area contributed by atoms with Gasteiger partial charge in [0.2, 0.25) is 0 Å². The number of anilines is 1. The fraction of sp³-hybridized carbons (Fsp3) is 0.429. The number of carbonyl (C=O) groups is 1. The van der Waals surface area contributed by atoms with Crippen LogP contribution in [-0.2, 0) is 15.7 Å². The van der Waals surface area contributed by atoms with Crippen molar-refractivity contribution in [2.45, 2.75) is 19.0 Å². The molecule has 0 unspecified atom stereocenters. The van der Waals surface area contributed by atoms with Crippen LogP contribution in [0.5, 0.6) is 0 Å². The van der Waals surface area contributed by atoms with Gasteiger partial charge in [-0.25, -0.2) is 0 Å². The van der Waals surface area contributed by atoms with Crippen LogP contribution in [0.2, 0.25) is 0 Å². The molecule has 0 aliphatic carbocycles. The van der Waals surface area contributed by atoms with Gasteiger partial charge in [-0.15, -0.1) is 0 Å². The summed E-state index contributed by atoms with van der Waals surface area (Å²) >= 11 is 0. The zero-order valence-electron chi connectivity index (χ0n) is 11.7. The molecule has 0 aliphatic rings. The second kappa shape index (κ2) is 6.97. The van der Waals surface area contributed by atoms with Gasteiger partial charge in [0, 0.05) is 25.7 Å². The summed E-state index contributed by atoms with van der Waals surface area (Å²) in [5, 5.41) is 8.84. The predicted molar refractivity (Wildman–Crippen MR) is 70.7 cm³/mol. The van der Waals surface area contributed by atoms with Gasteiger partial charge in [0.05, 0.1) is 24.3 Å². The van der Waals surface area contributed by atoms with Crippen LogP contribution in [0.4, 0.5) is 18.9 Å². The van der Waals surface area contributed by atoms with Gasteiger partial charge in [-0.05, 0) is 24.6 Å². The van der Waals surface area contributed by atoms with Crippen LogP contribution in [0, 0.1) is 11.3 Å². The fourth-order valence-corrected chi connectivity index (χ4v) is 1.80. The van der Waals surface area contributed by atoms with E-state index in [1.54, 1.807) is 18.0 Å². The van der Waals surface area contributed by atoms with Crippen LogP contribution < -0.4 is 4.90 Å². The first-order valence-corrected chi connectivity index (χ1v) is 6.19. The van der Waals surface area contributed by atoms with Crippen LogP contribution in [0.15, 0.2) is 18.2 Å². The highest BCUT2D eigenvalue weighted by molar-refractivity contribution is 5.69. The molecule has 0 aliphatic heterocycles. The summed E-state index contributed by atoms with van der Waals surface area (Å²) in [6, 6.07) is 4.96. The van der Waals surface area contributed by atoms with Gasteiger partial charge in [-0.2, -0.15) is 18.4 Å². The second-order valence-electron chi connectivity index (χ2n) is 4.44. The summed E-state index contributed by atoms with van der Waals surface area (Å²) in [6.45, 7) is 0.464. The molecule has 0 heterocycles. The molecule has 0 atom stereocenters. The molecule has 1 aromatic carbocycles. The molecule has 0 spiro atoms. The molecule has 0 saturated carbocycles. The largest absolute Gasteiger partial charge is 0.469 e. The van der Waals surface area contributed by atoms with Crippen molar-refractivity contribution in [2.75, 3.05) is 25.6 Å².